The van der Waals surface area contributed by atoms with Gasteiger partial charge in [0.05, 0.1) is 0 Å². The third-order valence-electron chi connectivity index (χ3n) is 1.85. The quantitative estimate of drug-likeness (QED) is 0.632. The molecule has 0 saturated carbocycles. The molecule has 0 aliphatic heterocycles. The van der Waals surface area contributed by atoms with Crippen LogP contribution in [-0.4, -0.2) is 0 Å². The summed E-state index contributed by atoms with van der Waals surface area (Å²) >= 11 is 0. The molecule has 0 atom stereocenters. The second-order valence-corrected chi connectivity index (χ2v) is 2.55. The van der Waals surface area contributed by atoms with Gasteiger partial charge in [-0.2, -0.15) is 5.56 Å². The first kappa shape index (κ1) is 12.6. The summed E-state index contributed by atoms with van der Waals surface area (Å²) in [6, 6.07) is 8.49. The van der Waals surface area contributed by atoms with E-state index in [4.69, 9.17) is 0 Å². The van der Waals surface area contributed by atoms with Gasteiger partial charge in [0.15, 0.2) is 0 Å². The van der Waals surface area contributed by atoms with E-state index in [0.29, 0.717) is 0 Å². The van der Waals surface area contributed by atoms with Gasteiger partial charge in [0, 0.05) is 20.4 Å². The van der Waals surface area contributed by atoms with Gasteiger partial charge < -0.3 is 0 Å². The van der Waals surface area contributed by atoms with Gasteiger partial charge in [-0.15, -0.1) is 18.1 Å². The molecule has 1 heteroatoms. The van der Waals surface area contributed by atoms with Gasteiger partial charge >= 0.3 is 0 Å². The predicted octanol–water partition coefficient (Wildman–Crippen LogP) is 3.47. The fourth-order valence-electron chi connectivity index (χ4n) is 1.29. The van der Waals surface area contributed by atoms with Crippen molar-refractivity contribution in [3.05, 3.63) is 41.5 Å². The minimum atomic E-state index is 0. The maximum absolute atomic E-state index is 3.22. The monoisotopic (exact) mass is 346 g/mol. The van der Waals surface area contributed by atoms with Gasteiger partial charge in [-0.1, -0.05) is 38.5 Å². The zero-order valence-corrected chi connectivity index (χ0v) is 10.9. The van der Waals surface area contributed by atoms with Gasteiger partial charge in [0.2, 0.25) is 0 Å². The number of hydrogen-bond donors (Lipinski definition) is 0. The van der Waals surface area contributed by atoms with E-state index in [1.165, 1.54) is 11.1 Å². The number of benzene rings is 1. The summed E-state index contributed by atoms with van der Waals surface area (Å²) in [6.07, 6.45) is 7.54. The number of hydrogen-bond acceptors (Lipinski definition) is 0. The molecule has 2 rings (SSSR count). The topological polar surface area (TPSA) is 0 Å². The van der Waals surface area contributed by atoms with Crippen molar-refractivity contribution >= 4 is 6.08 Å². The third-order valence-corrected chi connectivity index (χ3v) is 1.85. The van der Waals surface area contributed by atoms with E-state index in [-0.39, 0.29) is 20.4 Å². The van der Waals surface area contributed by atoms with Crippen LogP contribution in [0.15, 0.2) is 24.3 Å². The van der Waals surface area contributed by atoms with E-state index in [0.717, 1.165) is 12.8 Å². The SMILES string of the molecule is CC.[C-]1=Cc2ccccc2CC1.[Re]. The van der Waals surface area contributed by atoms with Crippen LogP contribution in [0, 0.1) is 6.08 Å². The van der Waals surface area contributed by atoms with Crippen molar-refractivity contribution in [3.63, 3.8) is 0 Å². The van der Waals surface area contributed by atoms with Crippen LogP contribution in [0.1, 0.15) is 31.4 Å². The average molecular weight is 345 g/mol. The molecule has 0 amide bonds. The second kappa shape index (κ2) is 7.07. The van der Waals surface area contributed by atoms with Crippen LogP contribution in [0.25, 0.3) is 6.08 Å². The van der Waals surface area contributed by atoms with Crippen LogP contribution in [-0.2, 0) is 26.8 Å². The molecule has 0 heterocycles. The fraction of sp³-hybridized carbons (Fsp3) is 0.333. The van der Waals surface area contributed by atoms with Crippen molar-refractivity contribution in [1.82, 2.24) is 0 Å². The van der Waals surface area contributed by atoms with Crippen molar-refractivity contribution in [2.75, 3.05) is 0 Å². The number of allylic oxidation sites excluding steroid dienone is 1. The van der Waals surface area contributed by atoms with Gasteiger partial charge in [-0.3, -0.25) is 6.08 Å². The smallest absolute Gasteiger partial charge is 0 e. The van der Waals surface area contributed by atoms with E-state index in [9.17, 15) is 0 Å². The summed E-state index contributed by atoms with van der Waals surface area (Å²) < 4.78 is 0. The van der Waals surface area contributed by atoms with Gasteiger partial charge in [0.25, 0.3) is 0 Å². The van der Waals surface area contributed by atoms with Gasteiger partial charge in [-0.05, 0) is 0 Å². The minimum Gasteiger partial charge on any atom is -0.274 e. The first-order chi connectivity index (χ1) is 5.97. The van der Waals surface area contributed by atoms with E-state index >= 15 is 0 Å². The summed E-state index contributed by atoms with van der Waals surface area (Å²) in [6.45, 7) is 4.00. The Morgan fingerprint density at radius 1 is 1.15 bits per heavy atom. The van der Waals surface area contributed by atoms with E-state index in [1.54, 1.807) is 0 Å². The van der Waals surface area contributed by atoms with Crippen molar-refractivity contribution in [1.29, 1.82) is 0 Å². The zero-order chi connectivity index (χ0) is 8.81. The Balaban J connectivity index is 0.000000451. The zero-order valence-electron chi connectivity index (χ0n) is 8.18. The Kier molecular flexibility index (Phi) is 6.86. The van der Waals surface area contributed by atoms with Crippen LogP contribution in [0.3, 0.4) is 0 Å². The normalized spacial score (nSPS) is 11.8. The maximum atomic E-state index is 3.22. The molecule has 1 radical (unpaired) electrons. The van der Waals surface area contributed by atoms with Crippen LogP contribution >= 0.6 is 0 Å². The molecule has 1 aliphatic carbocycles. The number of rotatable bonds is 0. The molecule has 0 unspecified atom stereocenters. The van der Waals surface area contributed by atoms with Crippen LogP contribution in [0.2, 0.25) is 0 Å². The standard InChI is InChI=1S/C10H9.C2H6.Re/c1-2-6-10-8-4-3-7-9(10)5-1;1-2;/h1-2,5-6,8H,3,7H2;1-2H3;/q-1;;. The summed E-state index contributed by atoms with van der Waals surface area (Å²) in [5.74, 6) is 0. The molecule has 1 aromatic carbocycles. The summed E-state index contributed by atoms with van der Waals surface area (Å²) in [7, 11) is 0. The number of fused-ring (bicyclic) bond motifs is 1. The summed E-state index contributed by atoms with van der Waals surface area (Å²) in [5, 5.41) is 0. The average Bonchev–Trinajstić information content (AvgIpc) is 2.21. The van der Waals surface area contributed by atoms with E-state index in [1.807, 2.05) is 13.8 Å². The first-order valence-electron chi connectivity index (χ1n) is 4.61. The molecular formula is C12H15Re-. The summed E-state index contributed by atoms with van der Waals surface area (Å²) in [4.78, 5) is 0. The van der Waals surface area contributed by atoms with Crippen LogP contribution in [0.5, 0.6) is 0 Å². The molecule has 0 N–H and O–H groups in total. The van der Waals surface area contributed by atoms with Crippen molar-refractivity contribution in [2.24, 2.45) is 0 Å². The Morgan fingerprint density at radius 2 is 1.85 bits per heavy atom. The molecule has 13 heavy (non-hydrogen) atoms. The largest absolute Gasteiger partial charge is 0.274 e. The van der Waals surface area contributed by atoms with Crippen LogP contribution in [0.4, 0.5) is 0 Å². The Bertz CT molecular complexity index is 264. The predicted molar refractivity (Wildman–Crippen MR) is 53.8 cm³/mol. The molecule has 0 saturated heterocycles. The van der Waals surface area contributed by atoms with E-state index in [2.05, 4.69) is 36.4 Å². The van der Waals surface area contributed by atoms with Crippen molar-refractivity contribution in [3.8, 4) is 0 Å². The Labute approximate surface area is 94.7 Å². The molecule has 0 fully saturated rings. The Morgan fingerprint density at radius 3 is 2.54 bits per heavy atom. The van der Waals surface area contributed by atoms with Gasteiger partial charge in [0.1, 0.15) is 0 Å². The van der Waals surface area contributed by atoms with Crippen molar-refractivity contribution < 1.29 is 20.4 Å². The minimum absolute atomic E-state index is 0. The second-order valence-electron chi connectivity index (χ2n) is 2.55. The molecule has 0 bridgehead atoms. The Hall–Kier alpha value is -0.378. The molecule has 71 valence electrons. The van der Waals surface area contributed by atoms with E-state index < -0.39 is 0 Å². The van der Waals surface area contributed by atoms with Crippen LogP contribution < -0.4 is 0 Å². The molecule has 0 spiro atoms. The molecule has 0 aromatic heterocycles. The molecule has 1 aliphatic rings. The van der Waals surface area contributed by atoms with Gasteiger partial charge in [-0.25, -0.2) is 6.08 Å². The molecule has 1 aromatic rings. The molecule has 0 nitrogen and oxygen atoms in total. The number of aryl methyl sites for hydroxylation is 1. The van der Waals surface area contributed by atoms with Crippen molar-refractivity contribution in [2.45, 2.75) is 26.7 Å². The first-order valence-corrected chi connectivity index (χ1v) is 4.61. The summed E-state index contributed by atoms with van der Waals surface area (Å²) in [5.41, 5.74) is 2.80. The third kappa shape index (κ3) is 3.47. The maximum Gasteiger partial charge on any atom is 0 e. The fourth-order valence-corrected chi connectivity index (χ4v) is 1.29. The molecular weight excluding hydrogens is 330 g/mol.